The van der Waals surface area contributed by atoms with E-state index >= 15 is 0 Å². The first-order valence-corrected chi connectivity index (χ1v) is 11.7. The van der Waals surface area contributed by atoms with Gasteiger partial charge in [-0.05, 0) is 37.1 Å². The molecule has 0 bridgehead atoms. The van der Waals surface area contributed by atoms with Crippen molar-refractivity contribution >= 4 is 45.7 Å². The minimum Gasteiger partial charge on any atom is -0.326 e. The highest BCUT2D eigenvalue weighted by Crippen LogP contribution is 2.37. The molecule has 156 valence electrons. The number of carbonyl (C=O) groups is 2. The molecular weight excluding hydrogens is 414 g/mol. The minimum atomic E-state index is -0.443. The molecule has 1 heterocycles. The number of nitrogens with one attached hydrogen (secondary N) is 2. The first-order valence-electron chi connectivity index (χ1n) is 9.89. The molecule has 1 unspecified atom stereocenters. The van der Waals surface area contributed by atoms with Gasteiger partial charge in [-0.15, -0.1) is 23.1 Å². The predicted molar refractivity (Wildman–Crippen MR) is 125 cm³/mol. The highest BCUT2D eigenvalue weighted by Gasteiger charge is 2.23. The second kappa shape index (κ2) is 10.9. The van der Waals surface area contributed by atoms with E-state index in [1.807, 2.05) is 66.9 Å². The molecule has 1 atom stereocenters. The monoisotopic (exact) mass is 439 g/mol. The highest BCUT2D eigenvalue weighted by atomic mass is 32.2. The number of carbonyl (C=O) groups excluding carboxylic acids is 2. The third-order valence-corrected chi connectivity index (χ3v) is 6.44. The topological polar surface area (TPSA) is 71.1 Å². The molecular formula is C23H25N3O2S2. The summed E-state index contributed by atoms with van der Waals surface area (Å²) in [5.74, 6) is -0.117. The maximum absolute atomic E-state index is 13.1. The van der Waals surface area contributed by atoms with Crippen LogP contribution in [-0.2, 0) is 9.59 Å². The van der Waals surface area contributed by atoms with Crippen LogP contribution in [0.25, 0.3) is 0 Å². The van der Waals surface area contributed by atoms with Crippen molar-refractivity contribution in [2.75, 3.05) is 10.6 Å². The van der Waals surface area contributed by atoms with Gasteiger partial charge in [0.15, 0.2) is 5.13 Å². The van der Waals surface area contributed by atoms with Crippen molar-refractivity contribution in [3.05, 3.63) is 71.2 Å². The van der Waals surface area contributed by atoms with Crippen LogP contribution in [-0.4, -0.2) is 16.8 Å². The van der Waals surface area contributed by atoms with Crippen LogP contribution < -0.4 is 10.6 Å². The second-order valence-electron chi connectivity index (χ2n) is 6.87. The predicted octanol–water partition coefficient (Wildman–Crippen LogP) is 6.05. The number of hydrogen-bond acceptors (Lipinski definition) is 5. The lowest BCUT2D eigenvalue weighted by atomic mass is 10.1. The summed E-state index contributed by atoms with van der Waals surface area (Å²) in [6.45, 7) is 3.96. The summed E-state index contributed by atoms with van der Waals surface area (Å²) in [5, 5.41) is 7.93. The van der Waals surface area contributed by atoms with Gasteiger partial charge in [0, 0.05) is 22.4 Å². The fraction of sp³-hybridized carbons (Fsp3) is 0.261. The van der Waals surface area contributed by atoms with Crippen LogP contribution in [0.15, 0.2) is 64.9 Å². The molecule has 0 radical (unpaired) electrons. The molecule has 0 fully saturated rings. The number of thioether (sulfide) groups is 1. The van der Waals surface area contributed by atoms with Gasteiger partial charge in [0.1, 0.15) is 5.25 Å². The lowest BCUT2D eigenvalue weighted by Crippen LogP contribution is -2.19. The van der Waals surface area contributed by atoms with Crippen molar-refractivity contribution in [3.63, 3.8) is 0 Å². The van der Waals surface area contributed by atoms with Gasteiger partial charge >= 0.3 is 0 Å². The second-order valence-corrected chi connectivity index (χ2v) is 8.91. The Labute approximate surface area is 185 Å². The van der Waals surface area contributed by atoms with Gasteiger partial charge in [-0.1, -0.05) is 49.7 Å². The average molecular weight is 440 g/mol. The summed E-state index contributed by atoms with van der Waals surface area (Å²) in [5.41, 5.74) is 2.53. The fourth-order valence-electron chi connectivity index (χ4n) is 2.83. The molecule has 0 aliphatic carbocycles. The number of rotatable bonds is 9. The Morgan fingerprint density at radius 1 is 1.10 bits per heavy atom. The van der Waals surface area contributed by atoms with E-state index in [0.29, 0.717) is 11.6 Å². The Balaban J connectivity index is 1.77. The molecule has 0 aliphatic rings. The van der Waals surface area contributed by atoms with Crippen LogP contribution in [0.2, 0.25) is 0 Å². The van der Waals surface area contributed by atoms with E-state index in [9.17, 15) is 9.59 Å². The molecule has 0 aliphatic heterocycles. The Hall–Kier alpha value is -2.64. The zero-order valence-corrected chi connectivity index (χ0v) is 18.7. The van der Waals surface area contributed by atoms with Gasteiger partial charge in [-0.2, -0.15) is 0 Å². The third-order valence-electron chi connectivity index (χ3n) is 4.32. The summed E-state index contributed by atoms with van der Waals surface area (Å²) in [4.78, 5) is 30.4. The van der Waals surface area contributed by atoms with Crippen LogP contribution in [0.1, 0.15) is 42.7 Å². The molecule has 1 aromatic heterocycles. The van der Waals surface area contributed by atoms with Gasteiger partial charge in [-0.3, -0.25) is 9.59 Å². The Bertz CT molecular complexity index is 989. The molecule has 0 spiro atoms. The SMILES string of the molecule is CCCCC(=O)Nc1cccc(SC(C(=O)Nc2nc(C)cs2)c2ccccc2)c1. The Morgan fingerprint density at radius 2 is 1.90 bits per heavy atom. The highest BCUT2D eigenvalue weighted by molar-refractivity contribution is 8.00. The molecule has 0 saturated heterocycles. The largest absolute Gasteiger partial charge is 0.326 e. The molecule has 3 rings (SSSR count). The molecule has 0 saturated carbocycles. The number of anilines is 2. The Kier molecular flexibility index (Phi) is 8.04. The van der Waals surface area contributed by atoms with Crippen LogP contribution in [0.5, 0.6) is 0 Å². The van der Waals surface area contributed by atoms with Crippen LogP contribution in [0, 0.1) is 6.92 Å². The lowest BCUT2D eigenvalue weighted by molar-refractivity contribution is -0.116. The zero-order chi connectivity index (χ0) is 21.3. The Morgan fingerprint density at radius 3 is 2.60 bits per heavy atom. The summed E-state index contributed by atoms with van der Waals surface area (Å²) in [6, 6.07) is 17.3. The number of amides is 2. The minimum absolute atomic E-state index is 0.00971. The van der Waals surface area contributed by atoms with Crippen molar-refractivity contribution < 1.29 is 9.59 Å². The van der Waals surface area contributed by atoms with Gasteiger partial charge in [0.2, 0.25) is 11.8 Å². The van der Waals surface area contributed by atoms with E-state index in [0.717, 1.165) is 34.7 Å². The molecule has 2 aromatic carbocycles. The molecule has 3 aromatic rings. The van der Waals surface area contributed by atoms with Crippen molar-refractivity contribution in [1.29, 1.82) is 0 Å². The maximum Gasteiger partial charge on any atom is 0.244 e. The molecule has 7 heteroatoms. The van der Waals surface area contributed by atoms with Gasteiger partial charge in [0.25, 0.3) is 0 Å². The van der Waals surface area contributed by atoms with E-state index in [-0.39, 0.29) is 11.8 Å². The summed E-state index contributed by atoms with van der Waals surface area (Å²) >= 11 is 2.86. The third kappa shape index (κ3) is 6.43. The number of aromatic nitrogens is 1. The standard InChI is InChI=1S/C23H25N3O2S2/c1-3-4-13-20(27)25-18-11-8-12-19(14-18)30-21(17-9-6-5-7-10-17)22(28)26-23-24-16(2)15-29-23/h5-12,14-15,21H,3-4,13H2,1-2H3,(H,25,27)(H,24,26,28). The first kappa shape index (κ1) is 22.1. The lowest BCUT2D eigenvalue weighted by Gasteiger charge is -2.17. The van der Waals surface area contributed by atoms with Crippen LogP contribution in [0.4, 0.5) is 10.8 Å². The summed E-state index contributed by atoms with van der Waals surface area (Å²) < 4.78 is 0. The van der Waals surface area contributed by atoms with Crippen LogP contribution >= 0.6 is 23.1 Å². The number of thiazole rings is 1. The average Bonchev–Trinajstić information content (AvgIpc) is 3.15. The van der Waals surface area contributed by atoms with Crippen molar-refractivity contribution in [3.8, 4) is 0 Å². The van der Waals surface area contributed by atoms with E-state index in [4.69, 9.17) is 0 Å². The summed E-state index contributed by atoms with van der Waals surface area (Å²) in [7, 11) is 0. The molecule has 2 amide bonds. The smallest absolute Gasteiger partial charge is 0.244 e. The first-order chi connectivity index (χ1) is 14.5. The zero-order valence-electron chi connectivity index (χ0n) is 17.1. The van der Waals surface area contributed by atoms with E-state index in [2.05, 4.69) is 22.5 Å². The molecule has 2 N–H and O–H groups in total. The van der Waals surface area contributed by atoms with E-state index in [1.54, 1.807) is 0 Å². The van der Waals surface area contributed by atoms with Gasteiger partial charge in [-0.25, -0.2) is 4.98 Å². The number of hydrogen-bond donors (Lipinski definition) is 2. The van der Waals surface area contributed by atoms with Crippen LogP contribution in [0.3, 0.4) is 0 Å². The normalized spacial score (nSPS) is 11.7. The maximum atomic E-state index is 13.1. The number of aryl methyl sites for hydroxylation is 1. The summed E-state index contributed by atoms with van der Waals surface area (Å²) in [6.07, 6.45) is 2.36. The molecule has 30 heavy (non-hydrogen) atoms. The quantitative estimate of drug-likeness (QED) is 0.398. The number of benzene rings is 2. The van der Waals surface area contributed by atoms with Crippen molar-refractivity contribution in [2.45, 2.75) is 43.3 Å². The van der Waals surface area contributed by atoms with E-state index in [1.165, 1.54) is 23.1 Å². The van der Waals surface area contributed by atoms with Gasteiger partial charge in [0.05, 0.1) is 5.69 Å². The van der Waals surface area contributed by atoms with E-state index < -0.39 is 5.25 Å². The van der Waals surface area contributed by atoms with Gasteiger partial charge < -0.3 is 10.6 Å². The van der Waals surface area contributed by atoms with Crippen molar-refractivity contribution in [2.24, 2.45) is 0 Å². The van der Waals surface area contributed by atoms with Crippen molar-refractivity contribution in [1.82, 2.24) is 4.98 Å². The fourth-order valence-corrected chi connectivity index (χ4v) is 4.60. The number of nitrogens with zero attached hydrogens (tertiary/aromatic N) is 1. The molecule has 5 nitrogen and oxygen atoms in total. The number of unbranched alkanes of at least 4 members (excludes halogenated alkanes) is 1.